The van der Waals surface area contributed by atoms with E-state index in [9.17, 15) is 4.79 Å². The maximum Gasteiger partial charge on any atom is 0.139 e. The molecule has 0 aromatic rings. The van der Waals surface area contributed by atoms with Crippen molar-refractivity contribution in [1.29, 1.82) is 0 Å². The Bertz CT molecular complexity index is 282. The SMILES string of the molecule is CC(C)(C)C(=O)CCN1CCN2CCCC2C1. The highest BCUT2D eigenvalue weighted by atomic mass is 16.1. The van der Waals surface area contributed by atoms with Gasteiger partial charge in [-0.15, -0.1) is 0 Å². The molecule has 2 aliphatic rings. The normalized spacial score (nSPS) is 27.1. The summed E-state index contributed by atoms with van der Waals surface area (Å²) < 4.78 is 0. The first kappa shape index (κ1) is 13.0. The van der Waals surface area contributed by atoms with E-state index < -0.39 is 0 Å². The molecular weight excluding hydrogens is 212 g/mol. The van der Waals surface area contributed by atoms with Crippen molar-refractivity contribution in [3.8, 4) is 0 Å². The third kappa shape index (κ3) is 3.29. The molecule has 17 heavy (non-hydrogen) atoms. The second-order valence-electron chi connectivity index (χ2n) is 6.56. The topological polar surface area (TPSA) is 23.6 Å². The molecule has 0 aromatic heterocycles. The lowest BCUT2D eigenvalue weighted by molar-refractivity contribution is -0.126. The smallest absolute Gasteiger partial charge is 0.139 e. The predicted octanol–water partition coefficient (Wildman–Crippen LogP) is 1.77. The molecule has 2 fully saturated rings. The Morgan fingerprint density at radius 1 is 1.24 bits per heavy atom. The molecule has 0 aliphatic carbocycles. The summed E-state index contributed by atoms with van der Waals surface area (Å²) >= 11 is 0. The molecule has 2 heterocycles. The fraction of sp³-hybridized carbons (Fsp3) is 0.929. The Hall–Kier alpha value is -0.410. The molecule has 0 N–H and O–H groups in total. The van der Waals surface area contributed by atoms with E-state index >= 15 is 0 Å². The summed E-state index contributed by atoms with van der Waals surface area (Å²) in [6.45, 7) is 11.8. The van der Waals surface area contributed by atoms with Crippen LogP contribution in [0.4, 0.5) is 0 Å². The average molecular weight is 238 g/mol. The zero-order valence-corrected chi connectivity index (χ0v) is 11.5. The van der Waals surface area contributed by atoms with Crippen molar-refractivity contribution in [3.63, 3.8) is 0 Å². The molecular formula is C14H26N2O. The third-order valence-electron chi connectivity index (χ3n) is 4.16. The number of hydrogen-bond acceptors (Lipinski definition) is 3. The van der Waals surface area contributed by atoms with E-state index in [2.05, 4.69) is 9.80 Å². The van der Waals surface area contributed by atoms with Crippen LogP contribution in [0.5, 0.6) is 0 Å². The third-order valence-corrected chi connectivity index (χ3v) is 4.16. The van der Waals surface area contributed by atoms with E-state index in [4.69, 9.17) is 0 Å². The van der Waals surface area contributed by atoms with Crippen molar-refractivity contribution in [1.82, 2.24) is 9.80 Å². The van der Waals surface area contributed by atoms with E-state index in [1.54, 1.807) is 0 Å². The molecule has 2 aliphatic heterocycles. The molecule has 98 valence electrons. The molecule has 0 spiro atoms. The summed E-state index contributed by atoms with van der Waals surface area (Å²) in [4.78, 5) is 17.0. The molecule has 0 saturated carbocycles. The summed E-state index contributed by atoms with van der Waals surface area (Å²) in [7, 11) is 0. The molecule has 3 heteroatoms. The quantitative estimate of drug-likeness (QED) is 0.748. The number of carbonyl (C=O) groups excluding carboxylic acids is 1. The van der Waals surface area contributed by atoms with Crippen molar-refractivity contribution in [2.24, 2.45) is 5.41 Å². The number of hydrogen-bond donors (Lipinski definition) is 0. The maximum atomic E-state index is 11.9. The molecule has 1 unspecified atom stereocenters. The van der Waals surface area contributed by atoms with Gasteiger partial charge in [-0.2, -0.15) is 0 Å². The van der Waals surface area contributed by atoms with Crippen LogP contribution in [0, 0.1) is 5.41 Å². The van der Waals surface area contributed by atoms with Crippen LogP contribution < -0.4 is 0 Å². The van der Waals surface area contributed by atoms with Crippen LogP contribution in [0.15, 0.2) is 0 Å². The number of carbonyl (C=O) groups is 1. The van der Waals surface area contributed by atoms with Crippen LogP contribution in [0.25, 0.3) is 0 Å². The van der Waals surface area contributed by atoms with Crippen LogP contribution in [-0.4, -0.2) is 54.3 Å². The monoisotopic (exact) mass is 238 g/mol. The van der Waals surface area contributed by atoms with Crippen molar-refractivity contribution < 1.29 is 4.79 Å². The van der Waals surface area contributed by atoms with Gasteiger partial charge in [0.15, 0.2) is 0 Å². The van der Waals surface area contributed by atoms with E-state index in [1.165, 1.54) is 32.5 Å². The Morgan fingerprint density at radius 2 is 2.00 bits per heavy atom. The zero-order valence-electron chi connectivity index (χ0n) is 11.5. The van der Waals surface area contributed by atoms with Crippen molar-refractivity contribution in [2.45, 2.75) is 46.1 Å². The van der Waals surface area contributed by atoms with Crippen molar-refractivity contribution >= 4 is 5.78 Å². The summed E-state index contributed by atoms with van der Waals surface area (Å²) in [6, 6.07) is 0.772. The molecule has 0 bridgehead atoms. The van der Waals surface area contributed by atoms with Crippen molar-refractivity contribution in [2.75, 3.05) is 32.7 Å². The van der Waals surface area contributed by atoms with Gasteiger partial charge in [-0.1, -0.05) is 20.8 Å². The highest BCUT2D eigenvalue weighted by Gasteiger charge is 2.31. The van der Waals surface area contributed by atoms with Gasteiger partial charge in [0.1, 0.15) is 5.78 Å². The van der Waals surface area contributed by atoms with Crippen LogP contribution in [0.3, 0.4) is 0 Å². The van der Waals surface area contributed by atoms with Gasteiger partial charge in [0.25, 0.3) is 0 Å². The standard InChI is InChI=1S/C14H26N2O/c1-14(2,3)13(17)6-8-15-9-10-16-7-4-5-12(16)11-15/h12H,4-11H2,1-3H3. The van der Waals surface area contributed by atoms with Crippen LogP contribution in [0.2, 0.25) is 0 Å². The highest BCUT2D eigenvalue weighted by molar-refractivity contribution is 5.83. The maximum absolute atomic E-state index is 11.9. The van der Waals surface area contributed by atoms with Gasteiger partial charge in [-0.05, 0) is 19.4 Å². The Balaban J connectivity index is 1.75. The molecule has 2 saturated heterocycles. The molecule has 3 nitrogen and oxygen atoms in total. The molecule has 2 rings (SSSR count). The number of fused-ring (bicyclic) bond motifs is 1. The molecule has 0 radical (unpaired) electrons. The second-order valence-corrected chi connectivity index (χ2v) is 6.56. The molecule has 0 aromatic carbocycles. The number of ketones is 1. The van der Waals surface area contributed by atoms with E-state index in [1.807, 2.05) is 20.8 Å². The van der Waals surface area contributed by atoms with Crippen LogP contribution in [0.1, 0.15) is 40.0 Å². The van der Waals surface area contributed by atoms with Crippen molar-refractivity contribution in [3.05, 3.63) is 0 Å². The fourth-order valence-corrected chi connectivity index (χ4v) is 2.89. The lowest BCUT2D eigenvalue weighted by atomic mass is 9.89. The van der Waals surface area contributed by atoms with Crippen LogP contribution in [-0.2, 0) is 4.79 Å². The Morgan fingerprint density at radius 3 is 2.71 bits per heavy atom. The first-order valence-electron chi connectivity index (χ1n) is 6.96. The van der Waals surface area contributed by atoms with Gasteiger partial charge in [0.05, 0.1) is 0 Å². The summed E-state index contributed by atoms with van der Waals surface area (Å²) in [6.07, 6.45) is 3.43. The summed E-state index contributed by atoms with van der Waals surface area (Å²) in [5.41, 5.74) is -0.171. The minimum atomic E-state index is -0.171. The Kier molecular flexibility index (Phi) is 3.88. The number of rotatable bonds is 3. The zero-order chi connectivity index (χ0) is 12.5. The minimum absolute atomic E-state index is 0.171. The van der Waals surface area contributed by atoms with E-state index in [0.29, 0.717) is 5.78 Å². The lowest BCUT2D eigenvalue weighted by Crippen LogP contribution is -2.50. The first-order valence-corrected chi connectivity index (χ1v) is 6.96. The fourth-order valence-electron chi connectivity index (χ4n) is 2.89. The highest BCUT2D eigenvalue weighted by Crippen LogP contribution is 2.22. The van der Waals surface area contributed by atoms with Gasteiger partial charge in [-0.3, -0.25) is 9.69 Å². The average Bonchev–Trinajstić information content (AvgIpc) is 2.71. The lowest BCUT2D eigenvalue weighted by Gasteiger charge is -2.37. The van der Waals surface area contributed by atoms with Crippen LogP contribution >= 0.6 is 0 Å². The van der Waals surface area contributed by atoms with Gasteiger partial charge in [0, 0.05) is 44.1 Å². The van der Waals surface area contributed by atoms with Gasteiger partial charge < -0.3 is 4.90 Å². The van der Waals surface area contributed by atoms with Gasteiger partial charge >= 0.3 is 0 Å². The van der Waals surface area contributed by atoms with E-state index in [-0.39, 0.29) is 5.41 Å². The minimum Gasteiger partial charge on any atom is -0.300 e. The predicted molar refractivity (Wildman–Crippen MR) is 70.1 cm³/mol. The number of nitrogens with zero attached hydrogens (tertiary/aromatic N) is 2. The Labute approximate surface area is 105 Å². The summed E-state index contributed by atoms with van der Waals surface area (Å²) in [5, 5.41) is 0. The number of piperazine rings is 1. The molecule has 0 amide bonds. The van der Waals surface area contributed by atoms with Gasteiger partial charge in [0.2, 0.25) is 0 Å². The molecule has 1 atom stereocenters. The summed E-state index contributed by atoms with van der Waals surface area (Å²) in [5.74, 6) is 0.395. The first-order chi connectivity index (χ1) is 7.97. The van der Waals surface area contributed by atoms with E-state index in [0.717, 1.165) is 25.6 Å². The number of Topliss-reactive ketones (excluding diaryl/α,β-unsaturated/α-hetero) is 1. The largest absolute Gasteiger partial charge is 0.300 e. The second kappa shape index (κ2) is 5.07. The van der Waals surface area contributed by atoms with Gasteiger partial charge in [-0.25, -0.2) is 0 Å².